The standard InChI is InChI=1S/C17H21F3O2/c1-10-7-11(2)15(12(3)8-10)22-16(21)13-5-4-6-14(9-13)17(18,19)20/h7-8,13-14H,4-6,9H2,1-3H3. The van der Waals surface area contributed by atoms with Gasteiger partial charge in [0.25, 0.3) is 0 Å². The Morgan fingerprint density at radius 3 is 2.27 bits per heavy atom. The van der Waals surface area contributed by atoms with Crippen LogP contribution in [0.3, 0.4) is 0 Å². The van der Waals surface area contributed by atoms with Gasteiger partial charge in [0.1, 0.15) is 5.75 Å². The molecule has 5 heteroatoms. The van der Waals surface area contributed by atoms with Gasteiger partial charge < -0.3 is 4.74 Å². The lowest BCUT2D eigenvalue weighted by atomic mass is 9.81. The number of esters is 1. The van der Waals surface area contributed by atoms with Gasteiger partial charge in [0.05, 0.1) is 11.8 Å². The SMILES string of the molecule is Cc1cc(C)c(OC(=O)C2CCCC(C(F)(F)F)C2)c(C)c1. The second kappa shape index (κ2) is 6.31. The van der Waals surface area contributed by atoms with Crippen molar-refractivity contribution in [2.45, 2.75) is 52.6 Å². The quantitative estimate of drug-likeness (QED) is 0.574. The summed E-state index contributed by atoms with van der Waals surface area (Å²) < 4.78 is 43.9. The number of alkyl halides is 3. The molecule has 2 nitrogen and oxygen atoms in total. The van der Waals surface area contributed by atoms with Crippen molar-refractivity contribution in [2.24, 2.45) is 11.8 Å². The van der Waals surface area contributed by atoms with E-state index in [0.29, 0.717) is 18.6 Å². The zero-order chi connectivity index (χ0) is 16.5. The van der Waals surface area contributed by atoms with E-state index in [4.69, 9.17) is 4.74 Å². The second-order valence-corrected chi connectivity index (χ2v) is 6.25. The first kappa shape index (κ1) is 16.8. The van der Waals surface area contributed by atoms with Gasteiger partial charge in [-0.25, -0.2) is 0 Å². The Morgan fingerprint density at radius 2 is 1.73 bits per heavy atom. The number of carbonyl (C=O) groups is 1. The van der Waals surface area contributed by atoms with Gasteiger partial charge in [-0.15, -0.1) is 0 Å². The summed E-state index contributed by atoms with van der Waals surface area (Å²) in [6, 6.07) is 3.80. The fraction of sp³-hybridized carbons (Fsp3) is 0.588. The van der Waals surface area contributed by atoms with E-state index in [1.54, 1.807) is 0 Å². The van der Waals surface area contributed by atoms with E-state index in [2.05, 4.69) is 0 Å². The van der Waals surface area contributed by atoms with Crippen LogP contribution in [-0.2, 0) is 4.79 Å². The van der Waals surface area contributed by atoms with Crippen LogP contribution in [0.2, 0.25) is 0 Å². The van der Waals surface area contributed by atoms with Crippen LogP contribution in [-0.4, -0.2) is 12.1 Å². The van der Waals surface area contributed by atoms with Gasteiger partial charge in [0, 0.05) is 0 Å². The summed E-state index contributed by atoms with van der Waals surface area (Å²) >= 11 is 0. The highest BCUT2D eigenvalue weighted by Crippen LogP contribution is 2.40. The molecule has 0 bridgehead atoms. The molecule has 1 saturated carbocycles. The van der Waals surface area contributed by atoms with E-state index in [9.17, 15) is 18.0 Å². The number of halogens is 3. The molecule has 1 aliphatic carbocycles. The van der Waals surface area contributed by atoms with Gasteiger partial charge in [-0.05, 0) is 51.2 Å². The lowest BCUT2D eigenvalue weighted by Gasteiger charge is -2.29. The summed E-state index contributed by atoms with van der Waals surface area (Å²) in [4.78, 5) is 12.2. The van der Waals surface area contributed by atoms with Crippen LogP contribution in [0.25, 0.3) is 0 Å². The van der Waals surface area contributed by atoms with Crippen LogP contribution >= 0.6 is 0 Å². The van der Waals surface area contributed by atoms with Gasteiger partial charge >= 0.3 is 12.1 Å². The van der Waals surface area contributed by atoms with Gasteiger partial charge in [0.15, 0.2) is 0 Å². The normalized spacial score (nSPS) is 22.5. The van der Waals surface area contributed by atoms with E-state index >= 15 is 0 Å². The molecule has 0 N–H and O–H groups in total. The Morgan fingerprint density at radius 1 is 1.14 bits per heavy atom. The number of ether oxygens (including phenoxy) is 1. The summed E-state index contributed by atoms with van der Waals surface area (Å²) in [5, 5.41) is 0. The Kier molecular flexibility index (Phi) is 4.83. The predicted molar refractivity (Wildman–Crippen MR) is 77.8 cm³/mol. The molecule has 1 aromatic rings. The first-order valence-corrected chi connectivity index (χ1v) is 7.54. The van der Waals surface area contributed by atoms with Crippen LogP contribution in [0.15, 0.2) is 12.1 Å². The highest BCUT2D eigenvalue weighted by molar-refractivity contribution is 5.76. The summed E-state index contributed by atoms with van der Waals surface area (Å²) in [5.41, 5.74) is 2.72. The zero-order valence-corrected chi connectivity index (χ0v) is 13.1. The molecule has 0 amide bonds. The largest absolute Gasteiger partial charge is 0.426 e. The molecule has 2 unspecified atom stereocenters. The highest BCUT2D eigenvalue weighted by atomic mass is 19.4. The number of aryl methyl sites for hydroxylation is 3. The zero-order valence-electron chi connectivity index (χ0n) is 13.1. The molecule has 0 saturated heterocycles. The third kappa shape index (κ3) is 3.81. The van der Waals surface area contributed by atoms with Crippen molar-refractivity contribution in [2.75, 3.05) is 0 Å². The fourth-order valence-corrected chi connectivity index (χ4v) is 3.21. The minimum atomic E-state index is -4.23. The molecular weight excluding hydrogens is 293 g/mol. The Bertz CT molecular complexity index is 541. The lowest BCUT2D eigenvalue weighted by molar-refractivity contribution is -0.187. The average molecular weight is 314 g/mol. The predicted octanol–water partition coefficient (Wildman–Crippen LogP) is 4.89. The Labute approximate surface area is 128 Å². The van der Waals surface area contributed by atoms with Crippen LogP contribution in [0.4, 0.5) is 13.2 Å². The Balaban J connectivity index is 2.10. The molecule has 1 fully saturated rings. The number of carbonyl (C=O) groups excluding carboxylic acids is 1. The van der Waals surface area contributed by atoms with E-state index in [0.717, 1.165) is 16.7 Å². The van der Waals surface area contributed by atoms with E-state index in [-0.39, 0.29) is 12.8 Å². The number of benzene rings is 1. The molecule has 0 radical (unpaired) electrons. The van der Waals surface area contributed by atoms with Crippen LogP contribution in [0.5, 0.6) is 5.75 Å². The molecule has 0 spiro atoms. The second-order valence-electron chi connectivity index (χ2n) is 6.25. The molecule has 2 rings (SSSR count). The minimum Gasteiger partial charge on any atom is -0.426 e. The smallest absolute Gasteiger partial charge is 0.391 e. The van der Waals surface area contributed by atoms with Crippen molar-refractivity contribution in [1.29, 1.82) is 0 Å². The Hall–Kier alpha value is -1.52. The molecule has 1 aliphatic rings. The average Bonchev–Trinajstić information content (AvgIpc) is 2.41. The maximum Gasteiger partial charge on any atom is 0.391 e. The van der Waals surface area contributed by atoms with Crippen LogP contribution < -0.4 is 4.74 Å². The maximum atomic E-state index is 12.8. The number of rotatable bonds is 2. The van der Waals surface area contributed by atoms with Crippen LogP contribution in [0, 0.1) is 32.6 Å². The molecule has 122 valence electrons. The van der Waals surface area contributed by atoms with Gasteiger partial charge in [0.2, 0.25) is 0 Å². The van der Waals surface area contributed by atoms with Crippen molar-refractivity contribution in [1.82, 2.24) is 0 Å². The summed E-state index contributed by atoms with van der Waals surface area (Å²) in [6.45, 7) is 5.62. The van der Waals surface area contributed by atoms with Crippen molar-refractivity contribution in [3.8, 4) is 5.75 Å². The van der Waals surface area contributed by atoms with Gasteiger partial charge in [-0.2, -0.15) is 13.2 Å². The molecule has 0 aromatic heterocycles. The number of hydrogen-bond donors (Lipinski definition) is 0. The molecule has 1 aromatic carbocycles. The summed E-state index contributed by atoms with van der Waals surface area (Å²) in [5.74, 6) is -2.12. The van der Waals surface area contributed by atoms with E-state index in [1.807, 2.05) is 32.9 Å². The van der Waals surface area contributed by atoms with Crippen molar-refractivity contribution in [3.63, 3.8) is 0 Å². The van der Waals surface area contributed by atoms with E-state index in [1.165, 1.54) is 0 Å². The summed E-state index contributed by atoms with van der Waals surface area (Å²) in [6.07, 6.45) is -3.40. The monoisotopic (exact) mass is 314 g/mol. The van der Waals surface area contributed by atoms with Crippen molar-refractivity contribution >= 4 is 5.97 Å². The lowest BCUT2D eigenvalue weighted by Crippen LogP contribution is -2.33. The third-order valence-corrected chi connectivity index (χ3v) is 4.28. The molecular formula is C17H21F3O2. The maximum absolute atomic E-state index is 12.8. The topological polar surface area (TPSA) is 26.3 Å². The highest BCUT2D eigenvalue weighted by Gasteiger charge is 2.44. The number of hydrogen-bond acceptors (Lipinski definition) is 2. The minimum absolute atomic E-state index is 0.107. The van der Waals surface area contributed by atoms with E-state index < -0.39 is 24.0 Å². The fourth-order valence-electron chi connectivity index (χ4n) is 3.21. The molecule has 22 heavy (non-hydrogen) atoms. The first-order valence-electron chi connectivity index (χ1n) is 7.54. The van der Waals surface area contributed by atoms with Gasteiger partial charge in [-0.1, -0.05) is 24.1 Å². The molecule has 0 heterocycles. The summed E-state index contributed by atoms with van der Waals surface area (Å²) in [7, 11) is 0. The molecule has 0 aliphatic heterocycles. The first-order chi connectivity index (χ1) is 10.2. The van der Waals surface area contributed by atoms with Crippen LogP contribution in [0.1, 0.15) is 42.4 Å². The van der Waals surface area contributed by atoms with Gasteiger partial charge in [-0.3, -0.25) is 4.79 Å². The van der Waals surface area contributed by atoms with Crippen molar-refractivity contribution < 1.29 is 22.7 Å². The van der Waals surface area contributed by atoms with Crippen molar-refractivity contribution in [3.05, 3.63) is 28.8 Å². The molecule has 2 atom stereocenters. The third-order valence-electron chi connectivity index (χ3n) is 4.28.